The van der Waals surface area contributed by atoms with E-state index in [-0.39, 0.29) is 34.3 Å². The molecule has 0 aliphatic rings. The molecule has 0 atom stereocenters. The van der Waals surface area contributed by atoms with Crippen molar-refractivity contribution in [3.63, 3.8) is 0 Å². The lowest BCUT2D eigenvalue weighted by atomic mass is 10.1. The average Bonchev–Trinajstić information content (AvgIpc) is 2.57. The van der Waals surface area contributed by atoms with Crippen LogP contribution in [0, 0.1) is 11.3 Å². The molecule has 0 saturated carbocycles. The standard InChI is InChI=1S/C17H13N5O2/c18-8-13-15(9-1-3-10(19)4-2-9)21-17(22-16(13)20)12-7-11(23)5-6-14(12)24/h1-7,23-24H,19H2,(H2,20,21,22). The van der Waals surface area contributed by atoms with Gasteiger partial charge in [-0.05, 0) is 30.3 Å². The van der Waals surface area contributed by atoms with E-state index >= 15 is 0 Å². The van der Waals surface area contributed by atoms with Gasteiger partial charge in [0, 0.05) is 11.3 Å². The van der Waals surface area contributed by atoms with Crippen molar-refractivity contribution in [2.24, 2.45) is 0 Å². The Balaban J connectivity index is 2.26. The Hall–Kier alpha value is -3.79. The molecule has 6 N–H and O–H groups in total. The number of aromatic nitrogens is 2. The molecule has 0 bridgehead atoms. The van der Waals surface area contributed by atoms with Gasteiger partial charge in [0.2, 0.25) is 0 Å². The Bertz CT molecular complexity index is 962. The fourth-order valence-corrected chi connectivity index (χ4v) is 2.26. The van der Waals surface area contributed by atoms with Gasteiger partial charge in [-0.1, -0.05) is 12.1 Å². The molecule has 1 aromatic heterocycles. The largest absolute Gasteiger partial charge is 0.508 e. The topological polar surface area (TPSA) is 142 Å². The molecule has 3 aromatic rings. The van der Waals surface area contributed by atoms with Crippen LogP contribution in [-0.4, -0.2) is 20.2 Å². The number of anilines is 2. The molecule has 24 heavy (non-hydrogen) atoms. The highest BCUT2D eigenvalue weighted by atomic mass is 16.3. The molecule has 2 aromatic carbocycles. The number of hydrogen-bond donors (Lipinski definition) is 4. The summed E-state index contributed by atoms with van der Waals surface area (Å²) in [6, 6.07) is 12.8. The minimum atomic E-state index is -0.111. The van der Waals surface area contributed by atoms with Gasteiger partial charge in [0.25, 0.3) is 0 Å². The van der Waals surface area contributed by atoms with Gasteiger partial charge in [-0.3, -0.25) is 0 Å². The zero-order chi connectivity index (χ0) is 17.3. The van der Waals surface area contributed by atoms with Crippen LogP contribution in [0.2, 0.25) is 0 Å². The molecule has 0 spiro atoms. The Morgan fingerprint density at radius 2 is 1.67 bits per heavy atom. The van der Waals surface area contributed by atoms with Gasteiger partial charge in [-0.2, -0.15) is 5.26 Å². The van der Waals surface area contributed by atoms with E-state index < -0.39 is 0 Å². The molecule has 0 fully saturated rings. The summed E-state index contributed by atoms with van der Waals surface area (Å²) in [5.41, 5.74) is 13.4. The van der Waals surface area contributed by atoms with Crippen molar-refractivity contribution in [2.45, 2.75) is 0 Å². The molecule has 118 valence electrons. The maximum absolute atomic E-state index is 9.99. The fraction of sp³-hybridized carbons (Fsp3) is 0. The van der Waals surface area contributed by atoms with Gasteiger partial charge >= 0.3 is 0 Å². The number of rotatable bonds is 2. The summed E-state index contributed by atoms with van der Waals surface area (Å²) in [6.45, 7) is 0. The van der Waals surface area contributed by atoms with Crippen molar-refractivity contribution >= 4 is 11.5 Å². The molecule has 0 radical (unpaired) electrons. The van der Waals surface area contributed by atoms with Crippen LogP contribution in [0.15, 0.2) is 42.5 Å². The average molecular weight is 319 g/mol. The first-order valence-corrected chi connectivity index (χ1v) is 6.95. The van der Waals surface area contributed by atoms with Gasteiger partial charge in [-0.25, -0.2) is 9.97 Å². The van der Waals surface area contributed by atoms with Gasteiger partial charge in [0.05, 0.1) is 11.3 Å². The van der Waals surface area contributed by atoms with E-state index in [2.05, 4.69) is 9.97 Å². The van der Waals surface area contributed by atoms with E-state index in [1.165, 1.54) is 18.2 Å². The second-order valence-electron chi connectivity index (χ2n) is 5.09. The Morgan fingerprint density at radius 1 is 0.958 bits per heavy atom. The van der Waals surface area contributed by atoms with Crippen molar-refractivity contribution < 1.29 is 10.2 Å². The number of phenols is 2. The maximum Gasteiger partial charge on any atom is 0.166 e. The summed E-state index contributed by atoms with van der Waals surface area (Å²) in [4.78, 5) is 8.42. The van der Waals surface area contributed by atoms with Gasteiger partial charge in [0.15, 0.2) is 5.82 Å². The normalized spacial score (nSPS) is 10.3. The zero-order valence-corrected chi connectivity index (χ0v) is 12.4. The van der Waals surface area contributed by atoms with Crippen LogP contribution < -0.4 is 11.5 Å². The van der Waals surface area contributed by atoms with Crippen molar-refractivity contribution in [2.75, 3.05) is 11.5 Å². The highest BCUT2D eigenvalue weighted by Crippen LogP contribution is 2.33. The molecular formula is C17H13N5O2. The summed E-state index contributed by atoms with van der Waals surface area (Å²) >= 11 is 0. The molecule has 3 rings (SSSR count). The third-order valence-corrected chi connectivity index (χ3v) is 3.45. The maximum atomic E-state index is 9.99. The third-order valence-electron chi connectivity index (χ3n) is 3.45. The number of nitrogens with two attached hydrogens (primary N) is 2. The molecule has 0 aliphatic carbocycles. The lowest BCUT2D eigenvalue weighted by molar-refractivity contribution is 0.461. The highest BCUT2D eigenvalue weighted by Gasteiger charge is 2.17. The zero-order valence-electron chi connectivity index (χ0n) is 12.4. The molecule has 0 unspecified atom stereocenters. The first-order chi connectivity index (χ1) is 11.5. The minimum absolute atomic E-state index is 0.0166. The molecular weight excluding hydrogens is 306 g/mol. The number of hydrogen-bond acceptors (Lipinski definition) is 7. The third kappa shape index (κ3) is 2.64. The molecule has 0 saturated heterocycles. The first kappa shape index (κ1) is 15.1. The molecule has 7 heteroatoms. The quantitative estimate of drug-likeness (QED) is 0.419. The van der Waals surface area contributed by atoms with Crippen LogP contribution in [0.3, 0.4) is 0 Å². The van der Waals surface area contributed by atoms with E-state index in [4.69, 9.17) is 11.5 Å². The number of phenolic OH excluding ortho intramolecular Hbond substituents is 2. The van der Waals surface area contributed by atoms with Gasteiger partial charge in [0.1, 0.15) is 28.9 Å². The minimum Gasteiger partial charge on any atom is -0.508 e. The summed E-state index contributed by atoms with van der Waals surface area (Å²) in [7, 11) is 0. The van der Waals surface area contributed by atoms with E-state index in [1.54, 1.807) is 24.3 Å². The lowest BCUT2D eigenvalue weighted by Gasteiger charge is -2.10. The molecule has 0 amide bonds. The van der Waals surface area contributed by atoms with Crippen LogP contribution in [0.1, 0.15) is 5.56 Å². The van der Waals surface area contributed by atoms with E-state index in [1.807, 2.05) is 6.07 Å². The Kier molecular flexibility index (Phi) is 3.64. The smallest absolute Gasteiger partial charge is 0.166 e. The molecule has 7 nitrogen and oxygen atoms in total. The summed E-state index contributed by atoms with van der Waals surface area (Å²) in [5, 5.41) is 29.0. The van der Waals surface area contributed by atoms with E-state index in [0.717, 1.165) is 0 Å². The van der Waals surface area contributed by atoms with Crippen LogP contribution >= 0.6 is 0 Å². The van der Waals surface area contributed by atoms with E-state index in [9.17, 15) is 15.5 Å². The summed E-state index contributed by atoms with van der Waals surface area (Å²) < 4.78 is 0. The van der Waals surface area contributed by atoms with E-state index in [0.29, 0.717) is 16.9 Å². The predicted molar refractivity (Wildman–Crippen MR) is 89.8 cm³/mol. The number of nitrogen functional groups attached to an aromatic ring is 2. The number of nitriles is 1. The second kappa shape index (κ2) is 5.78. The first-order valence-electron chi connectivity index (χ1n) is 6.95. The van der Waals surface area contributed by atoms with Crippen molar-refractivity contribution in [1.82, 2.24) is 9.97 Å². The predicted octanol–water partition coefficient (Wildman–Crippen LogP) is 2.26. The fourth-order valence-electron chi connectivity index (χ4n) is 2.26. The van der Waals surface area contributed by atoms with Crippen molar-refractivity contribution in [3.05, 3.63) is 48.0 Å². The summed E-state index contributed by atoms with van der Waals surface area (Å²) in [6.07, 6.45) is 0. The SMILES string of the molecule is N#Cc1c(N)nc(-c2cc(O)ccc2O)nc1-c1ccc(N)cc1. The molecule has 0 aliphatic heterocycles. The van der Waals surface area contributed by atoms with Crippen LogP contribution in [0.5, 0.6) is 11.5 Å². The van der Waals surface area contributed by atoms with Gasteiger partial charge < -0.3 is 21.7 Å². The second-order valence-corrected chi connectivity index (χ2v) is 5.09. The Labute approximate surface area is 137 Å². The van der Waals surface area contributed by atoms with Crippen molar-refractivity contribution in [1.29, 1.82) is 5.26 Å². The summed E-state index contributed by atoms with van der Waals surface area (Å²) in [5.74, 6) is -0.0766. The Morgan fingerprint density at radius 3 is 2.33 bits per heavy atom. The monoisotopic (exact) mass is 319 g/mol. The molecule has 1 heterocycles. The number of aromatic hydroxyl groups is 2. The lowest BCUT2D eigenvalue weighted by Crippen LogP contribution is -2.03. The van der Waals surface area contributed by atoms with Crippen LogP contribution in [0.25, 0.3) is 22.6 Å². The number of nitrogens with zero attached hydrogens (tertiary/aromatic N) is 3. The van der Waals surface area contributed by atoms with Gasteiger partial charge in [-0.15, -0.1) is 0 Å². The van der Waals surface area contributed by atoms with Crippen LogP contribution in [0.4, 0.5) is 11.5 Å². The number of benzene rings is 2. The van der Waals surface area contributed by atoms with Crippen molar-refractivity contribution in [3.8, 4) is 40.2 Å². The van der Waals surface area contributed by atoms with Crippen LogP contribution in [-0.2, 0) is 0 Å². The highest BCUT2D eigenvalue weighted by molar-refractivity contribution is 5.77.